The Hall–Kier alpha value is -1.65. The van der Waals surface area contributed by atoms with Crippen molar-refractivity contribution in [2.75, 3.05) is 11.9 Å². The van der Waals surface area contributed by atoms with Crippen molar-refractivity contribution >= 4 is 17.4 Å². The Balaban J connectivity index is 1.61. The van der Waals surface area contributed by atoms with E-state index >= 15 is 0 Å². The van der Waals surface area contributed by atoms with Gasteiger partial charge in [0.25, 0.3) is 0 Å². The van der Waals surface area contributed by atoms with Crippen LogP contribution >= 0.6 is 11.6 Å². The highest BCUT2D eigenvalue weighted by atomic mass is 35.5. The number of halogens is 1. The van der Waals surface area contributed by atoms with E-state index in [-0.39, 0.29) is 0 Å². The Morgan fingerprint density at radius 2 is 2.00 bits per heavy atom. The first kappa shape index (κ1) is 15.3. The van der Waals surface area contributed by atoms with Gasteiger partial charge in [0.2, 0.25) is 0 Å². The van der Waals surface area contributed by atoms with Gasteiger partial charge in [-0.1, -0.05) is 41.9 Å². The molecular formula is C17H20ClN3O. The Morgan fingerprint density at radius 3 is 2.68 bits per heavy atom. The van der Waals surface area contributed by atoms with Crippen LogP contribution in [0.3, 0.4) is 0 Å². The van der Waals surface area contributed by atoms with E-state index in [9.17, 15) is 5.11 Å². The van der Waals surface area contributed by atoms with E-state index in [1.165, 1.54) is 0 Å². The van der Waals surface area contributed by atoms with Gasteiger partial charge in [-0.2, -0.15) is 0 Å². The third-order valence-corrected chi connectivity index (χ3v) is 4.16. The van der Waals surface area contributed by atoms with E-state index in [0.29, 0.717) is 24.0 Å². The van der Waals surface area contributed by atoms with Gasteiger partial charge >= 0.3 is 0 Å². The lowest BCUT2D eigenvalue weighted by Gasteiger charge is -2.24. The molecule has 1 aliphatic rings. The van der Waals surface area contributed by atoms with Crippen LogP contribution in [0.2, 0.25) is 5.15 Å². The molecule has 2 aromatic rings. The van der Waals surface area contributed by atoms with Gasteiger partial charge in [-0.3, -0.25) is 0 Å². The Morgan fingerprint density at radius 1 is 1.27 bits per heavy atom. The molecule has 22 heavy (non-hydrogen) atoms. The lowest BCUT2D eigenvalue weighted by molar-refractivity contribution is 0.0515. The van der Waals surface area contributed by atoms with Crippen LogP contribution in [-0.2, 0) is 5.60 Å². The quantitative estimate of drug-likeness (QED) is 0.797. The number of nitrogens with zero attached hydrogens (tertiary/aromatic N) is 2. The second kappa shape index (κ2) is 6.23. The normalized spacial score (nSPS) is 17.0. The van der Waals surface area contributed by atoms with Gasteiger partial charge in [0.05, 0.1) is 5.60 Å². The van der Waals surface area contributed by atoms with Crippen LogP contribution in [0.15, 0.2) is 36.4 Å². The molecule has 0 spiro atoms. The summed E-state index contributed by atoms with van der Waals surface area (Å²) in [4.78, 5) is 8.76. The first-order valence-electron chi connectivity index (χ1n) is 7.61. The summed E-state index contributed by atoms with van der Waals surface area (Å²) in [6.07, 6.45) is 2.86. The topological polar surface area (TPSA) is 58.0 Å². The third-order valence-electron chi connectivity index (χ3n) is 3.97. The summed E-state index contributed by atoms with van der Waals surface area (Å²) in [6, 6.07) is 11.4. The molecule has 1 heterocycles. The summed E-state index contributed by atoms with van der Waals surface area (Å²) in [5.74, 6) is 2.02. The fourth-order valence-electron chi connectivity index (χ4n) is 2.43. The Kier molecular flexibility index (Phi) is 4.32. The zero-order valence-corrected chi connectivity index (χ0v) is 13.3. The zero-order valence-electron chi connectivity index (χ0n) is 12.6. The van der Waals surface area contributed by atoms with Crippen LogP contribution in [0.5, 0.6) is 0 Å². The number of hydrogen-bond acceptors (Lipinski definition) is 4. The summed E-state index contributed by atoms with van der Waals surface area (Å²) in [5.41, 5.74) is 0.0425. The maximum absolute atomic E-state index is 10.6. The van der Waals surface area contributed by atoms with Crippen molar-refractivity contribution in [2.24, 2.45) is 0 Å². The molecule has 1 aromatic heterocycles. The average Bonchev–Trinajstić information content (AvgIpc) is 3.32. The molecule has 0 aliphatic heterocycles. The Bertz CT molecular complexity index is 642. The maximum atomic E-state index is 10.6. The molecule has 1 fully saturated rings. The van der Waals surface area contributed by atoms with Gasteiger partial charge in [0.15, 0.2) is 0 Å². The van der Waals surface area contributed by atoms with Crippen molar-refractivity contribution in [1.29, 1.82) is 0 Å². The smallest absolute Gasteiger partial charge is 0.135 e. The van der Waals surface area contributed by atoms with E-state index in [2.05, 4.69) is 15.3 Å². The monoisotopic (exact) mass is 317 g/mol. The molecular weight excluding hydrogens is 298 g/mol. The molecule has 0 radical (unpaired) electrons. The number of hydrogen-bond donors (Lipinski definition) is 2. The summed E-state index contributed by atoms with van der Waals surface area (Å²) in [7, 11) is 0. The summed E-state index contributed by atoms with van der Waals surface area (Å²) < 4.78 is 0. The molecule has 0 bridgehead atoms. The van der Waals surface area contributed by atoms with E-state index in [1.54, 1.807) is 6.07 Å². The molecule has 0 saturated heterocycles. The number of benzene rings is 1. The van der Waals surface area contributed by atoms with Crippen LogP contribution in [0.25, 0.3) is 0 Å². The van der Waals surface area contributed by atoms with Crippen LogP contribution in [-0.4, -0.2) is 21.6 Å². The number of rotatable bonds is 6. The molecule has 1 aromatic carbocycles. The van der Waals surface area contributed by atoms with Gasteiger partial charge in [-0.15, -0.1) is 0 Å². The highest BCUT2D eigenvalue weighted by Crippen LogP contribution is 2.38. The van der Waals surface area contributed by atoms with Gasteiger partial charge < -0.3 is 10.4 Å². The van der Waals surface area contributed by atoms with E-state index in [0.717, 1.165) is 30.0 Å². The summed E-state index contributed by atoms with van der Waals surface area (Å²) in [6.45, 7) is 2.44. The molecule has 1 atom stereocenters. The van der Waals surface area contributed by atoms with Crippen molar-refractivity contribution in [3.63, 3.8) is 0 Å². The van der Waals surface area contributed by atoms with Crippen LogP contribution in [0.4, 0.5) is 5.82 Å². The number of aromatic nitrogens is 2. The maximum Gasteiger partial charge on any atom is 0.135 e. The molecule has 3 rings (SSSR count). The Labute approximate surface area is 135 Å². The molecule has 4 nitrogen and oxygen atoms in total. The minimum absolute atomic E-state index is 0.465. The van der Waals surface area contributed by atoms with Crippen LogP contribution in [0.1, 0.15) is 43.5 Å². The lowest BCUT2D eigenvalue weighted by Crippen LogP contribution is -2.24. The van der Waals surface area contributed by atoms with E-state index in [4.69, 9.17) is 11.6 Å². The summed E-state index contributed by atoms with van der Waals surface area (Å²) >= 11 is 6.05. The molecule has 1 unspecified atom stereocenters. The SMILES string of the molecule is CC(O)(CCNc1cc(Cl)nc(C2CC2)n1)c1ccccc1. The average molecular weight is 318 g/mol. The number of nitrogens with one attached hydrogen (secondary N) is 1. The molecule has 5 heteroatoms. The predicted octanol–water partition coefficient (Wildman–Crippen LogP) is 3.72. The third kappa shape index (κ3) is 3.76. The minimum Gasteiger partial charge on any atom is -0.385 e. The lowest BCUT2D eigenvalue weighted by atomic mass is 9.93. The highest BCUT2D eigenvalue weighted by Gasteiger charge is 2.27. The fourth-order valence-corrected chi connectivity index (χ4v) is 2.62. The molecule has 2 N–H and O–H groups in total. The number of anilines is 1. The zero-order chi connectivity index (χ0) is 15.6. The van der Waals surface area contributed by atoms with Crippen LogP contribution in [0, 0.1) is 0 Å². The van der Waals surface area contributed by atoms with E-state index in [1.807, 2.05) is 37.3 Å². The standard InChI is InChI=1S/C17H20ClN3O/c1-17(22,13-5-3-2-4-6-13)9-10-19-15-11-14(18)20-16(21-15)12-7-8-12/h2-6,11-12,22H,7-10H2,1H3,(H,19,20,21). The van der Waals surface area contributed by atoms with Gasteiger partial charge in [0.1, 0.15) is 16.8 Å². The van der Waals surface area contributed by atoms with Crippen molar-refractivity contribution in [3.05, 3.63) is 52.9 Å². The van der Waals surface area contributed by atoms with E-state index < -0.39 is 5.60 Å². The van der Waals surface area contributed by atoms with Gasteiger partial charge in [0, 0.05) is 18.5 Å². The minimum atomic E-state index is -0.871. The van der Waals surface area contributed by atoms with Crippen molar-refractivity contribution < 1.29 is 5.11 Å². The predicted molar refractivity (Wildman–Crippen MR) is 88.1 cm³/mol. The molecule has 0 amide bonds. The van der Waals surface area contributed by atoms with Crippen molar-refractivity contribution in [3.8, 4) is 0 Å². The first-order valence-corrected chi connectivity index (χ1v) is 7.99. The van der Waals surface area contributed by atoms with Crippen LogP contribution < -0.4 is 5.32 Å². The van der Waals surface area contributed by atoms with Crippen molar-refractivity contribution in [1.82, 2.24) is 9.97 Å². The second-order valence-corrected chi connectivity index (χ2v) is 6.41. The molecule has 116 valence electrons. The first-order chi connectivity index (χ1) is 10.5. The molecule has 1 saturated carbocycles. The second-order valence-electron chi connectivity index (χ2n) is 6.03. The molecule has 1 aliphatic carbocycles. The number of aliphatic hydroxyl groups is 1. The van der Waals surface area contributed by atoms with Crippen molar-refractivity contribution in [2.45, 2.75) is 37.7 Å². The summed E-state index contributed by atoms with van der Waals surface area (Å²) in [5, 5.41) is 14.3. The van der Waals surface area contributed by atoms with Gasteiger partial charge in [-0.25, -0.2) is 9.97 Å². The van der Waals surface area contributed by atoms with Gasteiger partial charge in [-0.05, 0) is 31.7 Å². The fraction of sp³-hybridized carbons (Fsp3) is 0.412. The highest BCUT2D eigenvalue weighted by molar-refractivity contribution is 6.29. The largest absolute Gasteiger partial charge is 0.385 e.